The van der Waals surface area contributed by atoms with Crippen LogP contribution in [0, 0.1) is 0 Å². The van der Waals surface area contributed by atoms with Crippen LogP contribution in [0.2, 0.25) is 0 Å². The Labute approximate surface area is 140 Å². The van der Waals surface area contributed by atoms with Crippen molar-refractivity contribution >= 4 is 28.6 Å². The van der Waals surface area contributed by atoms with Gasteiger partial charge in [0.1, 0.15) is 11.3 Å². The first-order chi connectivity index (χ1) is 11.6. The van der Waals surface area contributed by atoms with E-state index in [4.69, 9.17) is 5.73 Å². The predicted molar refractivity (Wildman–Crippen MR) is 88.2 cm³/mol. The molecule has 124 valence electrons. The topological polar surface area (TPSA) is 122 Å². The molecule has 3 aromatic rings. The molecule has 0 fully saturated rings. The number of nitrogens with two attached hydrogens (primary N) is 1. The van der Waals surface area contributed by atoms with Gasteiger partial charge in [0.15, 0.2) is 5.16 Å². The van der Waals surface area contributed by atoms with Gasteiger partial charge in [-0.3, -0.25) is 9.59 Å². The number of carbonyl (C=O) groups is 1. The van der Waals surface area contributed by atoms with Crippen LogP contribution in [-0.2, 0) is 24.1 Å². The molecule has 1 aromatic carbocycles. The Hall–Kier alpha value is -2.75. The number of fused-ring (bicyclic) bond motifs is 1. The van der Waals surface area contributed by atoms with Gasteiger partial charge in [-0.2, -0.15) is 4.68 Å². The van der Waals surface area contributed by atoms with Gasteiger partial charge in [0.2, 0.25) is 5.91 Å². The van der Waals surface area contributed by atoms with Crippen LogP contribution in [0.5, 0.6) is 0 Å². The number of rotatable bonds is 6. The smallest absolute Gasteiger partial charge is 0.278 e. The Morgan fingerprint density at radius 2 is 2.04 bits per heavy atom. The third-order valence-electron chi connectivity index (χ3n) is 3.47. The minimum absolute atomic E-state index is 0.204. The molecule has 0 saturated heterocycles. The van der Waals surface area contributed by atoms with E-state index in [9.17, 15) is 9.59 Å². The molecule has 0 spiro atoms. The van der Waals surface area contributed by atoms with Crippen molar-refractivity contribution < 1.29 is 4.79 Å². The van der Waals surface area contributed by atoms with Gasteiger partial charge >= 0.3 is 0 Å². The molecular formula is C14H15N7O2S. The van der Waals surface area contributed by atoms with E-state index in [2.05, 4.69) is 20.5 Å². The van der Waals surface area contributed by atoms with Crippen molar-refractivity contribution in [3.05, 3.63) is 40.4 Å². The Morgan fingerprint density at radius 3 is 2.83 bits per heavy atom. The zero-order valence-corrected chi connectivity index (χ0v) is 13.7. The highest BCUT2D eigenvalue weighted by molar-refractivity contribution is 7.98. The average Bonchev–Trinajstić information content (AvgIpc) is 2.93. The van der Waals surface area contributed by atoms with E-state index in [0.717, 1.165) is 0 Å². The molecule has 0 aliphatic rings. The number of hydrogen-bond acceptors (Lipinski definition) is 7. The van der Waals surface area contributed by atoms with Crippen LogP contribution < -0.4 is 11.3 Å². The number of aromatic nitrogens is 6. The van der Waals surface area contributed by atoms with Gasteiger partial charge < -0.3 is 10.3 Å². The van der Waals surface area contributed by atoms with Crippen LogP contribution in [-0.4, -0.2) is 35.7 Å². The Balaban J connectivity index is 1.76. The van der Waals surface area contributed by atoms with E-state index in [1.807, 2.05) is 6.07 Å². The summed E-state index contributed by atoms with van der Waals surface area (Å²) in [5, 5.41) is 17.2. The standard InChI is InChI=1S/C14H15N7O2S/c1-20-12(7-6-11(15)22)17-18-14(20)24-8-21-13(23)9-4-2-3-5-10(9)16-19-21/h2-5H,6-8H2,1H3,(H2,15,22). The molecule has 9 nitrogen and oxygen atoms in total. The number of nitrogens with zero attached hydrogens (tertiary/aromatic N) is 6. The maximum atomic E-state index is 12.4. The molecule has 0 atom stereocenters. The summed E-state index contributed by atoms with van der Waals surface area (Å²) in [6.45, 7) is 0. The largest absolute Gasteiger partial charge is 0.370 e. The molecular weight excluding hydrogens is 330 g/mol. The van der Waals surface area contributed by atoms with Crippen molar-refractivity contribution in [2.75, 3.05) is 0 Å². The summed E-state index contributed by atoms with van der Waals surface area (Å²) in [5.74, 6) is 0.539. The van der Waals surface area contributed by atoms with Crippen molar-refractivity contribution in [1.82, 2.24) is 29.8 Å². The maximum Gasteiger partial charge on any atom is 0.278 e. The number of benzene rings is 1. The monoisotopic (exact) mass is 345 g/mol. The van der Waals surface area contributed by atoms with Crippen molar-refractivity contribution in [3.63, 3.8) is 0 Å². The van der Waals surface area contributed by atoms with Gasteiger partial charge in [0.25, 0.3) is 5.56 Å². The van der Waals surface area contributed by atoms with Crippen molar-refractivity contribution in [2.24, 2.45) is 12.8 Å². The second-order valence-electron chi connectivity index (χ2n) is 5.11. The molecule has 3 rings (SSSR count). The van der Waals surface area contributed by atoms with Crippen LogP contribution in [0.15, 0.2) is 34.2 Å². The van der Waals surface area contributed by atoms with E-state index < -0.39 is 0 Å². The summed E-state index contributed by atoms with van der Waals surface area (Å²) >= 11 is 1.31. The number of carbonyl (C=O) groups excluding carboxylic acids is 1. The third kappa shape index (κ3) is 3.27. The summed E-state index contributed by atoms with van der Waals surface area (Å²) in [5.41, 5.74) is 5.50. The molecule has 2 heterocycles. The Morgan fingerprint density at radius 1 is 1.25 bits per heavy atom. The first-order valence-corrected chi connectivity index (χ1v) is 8.16. The number of amides is 1. The highest BCUT2D eigenvalue weighted by atomic mass is 32.2. The SMILES string of the molecule is Cn1c(CCC(N)=O)nnc1SCn1nnc2ccccc2c1=O. The van der Waals surface area contributed by atoms with E-state index in [1.165, 1.54) is 16.4 Å². The molecule has 0 saturated carbocycles. The summed E-state index contributed by atoms with van der Waals surface area (Å²) in [4.78, 5) is 23.2. The van der Waals surface area contributed by atoms with Crippen LogP contribution >= 0.6 is 11.8 Å². The lowest BCUT2D eigenvalue weighted by Crippen LogP contribution is -2.23. The fourth-order valence-corrected chi connectivity index (χ4v) is 2.95. The number of primary amides is 1. The average molecular weight is 345 g/mol. The van der Waals surface area contributed by atoms with Gasteiger partial charge in [-0.05, 0) is 12.1 Å². The van der Waals surface area contributed by atoms with Crippen LogP contribution in [0.25, 0.3) is 10.9 Å². The van der Waals surface area contributed by atoms with Crippen molar-refractivity contribution in [3.8, 4) is 0 Å². The zero-order valence-electron chi connectivity index (χ0n) is 12.9. The lowest BCUT2D eigenvalue weighted by molar-refractivity contribution is -0.118. The molecule has 0 bridgehead atoms. The Bertz CT molecular complexity index is 950. The Kier molecular flexibility index (Phi) is 4.56. The first kappa shape index (κ1) is 16.1. The highest BCUT2D eigenvalue weighted by Crippen LogP contribution is 2.17. The minimum atomic E-state index is -0.384. The normalized spacial score (nSPS) is 11.0. The quantitative estimate of drug-likeness (QED) is 0.628. The van der Waals surface area contributed by atoms with Gasteiger partial charge in [-0.25, -0.2) is 0 Å². The van der Waals surface area contributed by atoms with Gasteiger partial charge in [-0.1, -0.05) is 29.1 Å². The summed E-state index contributed by atoms with van der Waals surface area (Å²) in [7, 11) is 1.80. The summed E-state index contributed by atoms with van der Waals surface area (Å²) in [6.07, 6.45) is 0.640. The van der Waals surface area contributed by atoms with Crippen molar-refractivity contribution in [2.45, 2.75) is 23.9 Å². The van der Waals surface area contributed by atoms with Crippen LogP contribution in [0.3, 0.4) is 0 Å². The zero-order chi connectivity index (χ0) is 17.1. The lowest BCUT2D eigenvalue weighted by Gasteiger charge is -2.05. The molecule has 0 unspecified atom stereocenters. The number of aryl methyl sites for hydroxylation is 1. The molecule has 0 aliphatic heterocycles. The minimum Gasteiger partial charge on any atom is -0.370 e. The van der Waals surface area contributed by atoms with Crippen LogP contribution in [0.4, 0.5) is 0 Å². The molecule has 10 heteroatoms. The van der Waals surface area contributed by atoms with E-state index >= 15 is 0 Å². The fraction of sp³-hybridized carbons (Fsp3) is 0.286. The second-order valence-corrected chi connectivity index (χ2v) is 6.02. The number of hydrogen-bond donors (Lipinski definition) is 1. The predicted octanol–water partition coefficient (Wildman–Crippen LogP) is 0.0877. The van der Waals surface area contributed by atoms with Crippen LogP contribution in [0.1, 0.15) is 12.2 Å². The molecule has 24 heavy (non-hydrogen) atoms. The molecule has 1 amide bonds. The first-order valence-electron chi connectivity index (χ1n) is 7.18. The van der Waals surface area contributed by atoms with Gasteiger partial charge in [-0.15, -0.1) is 15.3 Å². The lowest BCUT2D eigenvalue weighted by atomic mass is 10.2. The van der Waals surface area contributed by atoms with E-state index in [0.29, 0.717) is 28.3 Å². The maximum absolute atomic E-state index is 12.4. The van der Waals surface area contributed by atoms with E-state index in [1.54, 1.807) is 29.8 Å². The summed E-state index contributed by atoms with van der Waals surface area (Å²) in [6, 6.07) is 7.06. The summed E-state index contributed by atoms with van der Waals surface area (Å²) < 4.78 is 3.05. The third-order valence-corrected chi connectivity index (χ3v) is 4.45. The fourth-order valence-electron chi connectivity index (χ4n) is 2.15. The highest BCUT2D eigenvalue weighted by Gasteiger charge is 2.12. The second kappa shape index (κ2) is 6.79. The molecule has 0 radical (unpaired) electrons. The molecule has 0 aliphatic carbocycles. The molecule has 2 N–H and O–H groups in total. The van der Waals surface area contributed by atoms with E-state index in [-0.39, 0.29) is 23.8 Å². The van der Waals surface area contributed by atoms with Gasteiger partial charge in [0.05, 0.1) is 11.3 Å². The van der Waals surface area contributed by atoms with Gasteiger partial charge in [0, 0.05) is 19.9 Å². The molecule has 2 aromatic heterocycles. The number of thioether (sulfide) groups is 1. The van der Waals surface area contributed by atoms with Crippen molar-refractivity contribution in [1.29, 1.82) is 0 Å².